The summed E-state index contributed by atoms with van der Waals surface area (Å²) in [7, 11) is 0. The van der Waals surface area contributed by atoms with Gasteiger partial charge in [-0.1, -0.05) is 45.7 Å². The number of aromatic nitrogens is 2. The average molecular weight is 339 g/mol. The molecule has 1 heterocycles. The van der Waals surface area contributed by atoms with Crippen LogP contribution < -0.4 is 5.32 Å². The van der Waals surface area contributed by atoms with Crippen LogP contribution in [0.1, 0.15) is 30.1 Å². The number of rotatable bonds is 4. The highest BCUT2D eigenvalue weighted by molar-refractivity contribution is 9.10. The van der Waals surface area contributed by atoms with Gasteiger partial charge in [-0.25, -0.2) is 9.97 Å². The third-order valence-corrected chi connectivity index (χ3v) is 4.04. The van der Waals surface area contributed by atoms with Crippen LogP contribution in [0.15, 0.2) is 34.8 Å². The van der Waals surface area contributed by atoms with Crippen LogP contribution in [0.2, 0.25) is 5.15 Å². The van der Waals surface area contributed by atoms with Gasteiger partial charge < -0.3 is 5.32 Å². The van der Waals surface area contributed by atoms with E-state index in [0.717, 1.165) is 16.1 Å². The SMILES string of the molecule is Clc1cc(NCc2ccccc2Br)nc(C2CC2)n1. The molecule has 2 aromatic rings. The maximum absolute atomic E-state index is 6.03. The van der Waals surface area contributed by atoms with Crippen molar-refractivity contribution >= 4 is 33.3 Å². The normalized spacial score (nSPS) is 14.4. The van der Waals surface area contributed by atoms with E-state index in [2.05, 4.69) is 37.3 Å². The zero-order valence-corrected chi connectivity index (χ0v) is 12.6. The minimum absolute atomic E-state index is 0.503. The first-order valence-electron chi connectivity index (χ1n) is 6.24. The van der Waals surface area contributed by atoms with Crippen LogP contribution in [0.5, 0.6) is 0 Å². The van der Waals surface area contributed by atoms with Gasteiger partial charge in [0.15, 0.2) is 0 Å². The van der Waals surface area contributed by atoms with Gasteiger partial charge in [0.1, 0.15) is 16.8 Å². The Morgan fingerprint density at radius 2 is 2.05 bits per heavy atom. The molecule has 1 N–H and O–H groups in total. The zero-order valence-electron chi connectivity index (χ0n) is 10.2. The first kappa shape index (κ1) is 12.9. The molecule has 1 aliphatic rings. The van der Waals surface area contributed by atoms with Gasteiger partial charge in [0, 0.05) is 23.0 Å². The van der Waals surface area contributed by atoms with Crippen molar-refractivity contribution in [2.75, 3.05) is 5.32 Å². The molecule has 1 aliphatic carbocycles. The minimum atomic E-state index is 0.503. The van der Waals surface area contributed by atoms with E-state index < -0.39 is 0 Å². The average Bonchev–Trinajstić information content (AvgIpc) is 3.21. The van der Waals surface area contributed by atoms with E-state index in [-0.39, 0.29) is 0 Å². The number of hydrogen-bond donors (Lipinski definition) is 1. The fourth-order valence-electron chi connectivity index (χ4n) is 1.88. The molecule has 0 amide bonds. The summed E-state index contributed by atoms with van der Waals surface area (Å²) in [6.45, 7) is 0.707. The van der Waals surface area contributed by atoms with E-state index in [1.807, 2.05) is 18.2 Å². The number of halogens is 2. The van der Waals surface area contributed by atoms with Crippen LogP contribution in [0.3, 0.4) is 0 Å². The Hall–Kier alpha value is -1.13. The summed E-state index contributed by atoms with van der Waals surface area (Å²) in [5.74, 6) is 2.16. The van der Waals surface area contributed by atoms with Crippen molar-refractivity contribution in [2.45, 2.75) is 25.3 Å². The summed E-state index contributed by atoms with van der Waals surface area (Å²) in [5.41, 5.74) is 1.19. The summed E-state index contributed by atoms with van der Waals surface area (Å²) < 4.78 is 1.09. The first-order valence-corrected chi connectivity index (χ1v) is 7.41. The molecule has 5 heteroatoms. The van der Waals surface area contributed by atoms with Crippen LogP contribution in [0.25, 0.3) is 0 Å². The van der Waals surface area contributed by atoms with Gasteiger partial charge in [0.25, 0.3) is 0 Å². The fraction of sp³-hybridized carbons (Fsp3) is 0.286. The summed E-state index contributed by atoms with van der Waals surface area (Å²) in [4.78, 5) is 8.79. The number of nitrogens with zero attached hydrogens (tertiary/aromatic N) is 2. The second-order valence-corrected chi connectivity index (χ2v) is 5.89. The van der Waals surface area contributed by atoms with Gasteiger partial charge >= 0.3 is 0 Å². The van der Waals surface area contributed by atoms with Crippen molar-refractivity contribution < 1.29 is 0 Å². The number of benzene rings is 1. The fourth-order valence-corrected chi connectivity index (χ4v) is 2.49. The maximum atomic E-state index is 6.03. The van der Waals surface area contributed by atoms with Crippen LogP contribution in [0.4, 0.5) is 5.82 Å². The lowest BCUT2D eigenvalue weighted by molar-refractivity contribution is 0.921. The molecule has 1 saturated carbocycles. The van der Waals surface area contributed by atoms with Gasteiger partial charge in [0.2, 0.25) is 0 Å². The summed E-state index contributed by atoms with van der Waals surface area (Å²) >= 11 is 9.57. The first-order chi connectivity index (χ1) is 9.22. The molecule has 0 bridgehead atoms. The molecule has 0 unspecified atom stereocenters. The largest absolute Gasteiger partial charge is 0.366 e. The molecule has 0 radical (unpaired) electrons. The second kappa shape index (κ2) is 5.47. The zero-order chi connectivity index (χ0) is 13.2. The minimum Gasteiger partial charge on any atom is -0.366 e. The van der Waals surface area contributed by atoms with Crippen molar-refractivity contribution in [3.05, 3.63) is 51.3 Å². The van der Waals surface area contributed by atoms with Crippen LogP contribution >= 0.6 is 27.5 Å². The molecule has 0 atom stereocenters. The number of anilines is 1. The van der Waals surface area contributed by atoms with Gasteiger partial charge in [-0.2, -0.15) is 0 Å². The molecule has 3 nitrogen and oxygen atoms in total. The van der Waals surface area contributed by atoms with E-state index in [4.69, 9.17) is 11.6 Å². The third-order valence-electron chi connectivity index (χ3n) is 3.07. The molecule has 98 valence electrons. The van der Waals surface area contributed by atoms with Crippen LogP contribution in [-0.4, -0.2) is 9.97 Å². The Bertz CT molecular complexity index is 599. The molecule has 0 spiro atoms. The topological polar surface area (TPSA) is 37.8 Å². The quantitative estimate of drug-likeness (QED) is 0.841. The van der Waals surface area contributed by atoms with Crippen molar-refractivity contribution in [1.29, 1.82) is 0 Å². The van der Waals surface area contributed by atoms with E-state index in [9.17, 15) is 0 Å². The highest BCUT2D eigenvalue weighted by Crippen LogP contribution is 2.38. The van der Waals surface area contributed by atoms with Gasteiger partial charge in [-0.15, -0.1) is 0 Å². The Morgan fingerprint density at radius 3 is 2.79 bits per heavy atom. The molecular formula is C14H13BrClN3. The van der Waals surface area contributed by atoms with E-state index in [1.165, 1.54) is 18.4 Å². The lowest BCUT2D eigenvalue weighted by Crippen LogP contribution is -2.04. The molecule has 0 aliphatic heterocycles. The summed E-state index contributed by atoms with van der Waals surface area (Å²) in [5, 5.41) is 3.81. The van der Waals surface area contributed by atoms with Crippen molar-refractivity contribution in [3.63, 3.8) is 0 Å². The predicted molar refractivity (Wildman–Crippen MR) is 80.5 cm³/mol. The summed E-state index contributed by atoms with van der Waals surface area (Å²) in [6.07, 6.45) is 2.34. The number of nitrogens with one attached hydrogen (secondary N) is 1. The monoisotopic (exact) mass is 337 g/mol. The Labute approximate surface area is 125 Å². The molecule has 1 fully saturated rings. The highest BCUT2D eigenvalue weighted by Gasteiger charge is 2.27. The van der Waals surface area contributed by atoms with Gasteiger partial charge in [-0.05, 0) is 24.5 Å². The van der Waals surface area contributed by atoms with Crippen LogP contribution in [0, 0.1) is 0 Å². The Morgan fingerprint density at radius 1 is 1.26 bits per heavy atom. The maximum Gasteiger partial charge on any atom is 0.135 e. The molecule has 3 rings (SSSR count). The summed E-state index contributed by atoms with van der Waals surface area (Å²) in [6, 6.07) is 9.89. The highest BCUT2D eigenvalue weighted by atomic mass is 79.9. The number of hydrogen-bond acceptors (Lipinski definition) is 3. The third kappa shape index (κ3) is 3.25. The molecule has 19 heavy (non-hydrogen) atoms. The van der Waals surface area contributed by atoms with E-state index in [0.29, 0.717) is 17.6 Å². The lowest BCUT2D eigenvalue weighted by Gasteiger charge is -2.09. The molecule has 1 aromatic carbocycles. The van der Waals surface area contributed by atoms with Crippen molar-refractivity contribution in [3.8, 4) is 0 Å². The van der Waals surface area contributed by atoms with Crippen molar-refractivity contribution in [1.82, 2.24) is 9.97 Å². The predicted octanol–water partition coefficient (Wildman–Crippen LogP) is 4.38. The van der Waals surface area contributed by atoms with Gasteiger partial charge in [-0.3, -0.25) is 0 Å². The lowest BCUT2D eigenvalue weighted by atomic mass is 10.2. The Balaban J connectivity index is 1.74. The molecule has 0 saturated heterocycles. The van der Waals surface area contributed by atoms with Crippen molar-refractivity contribution in [2.24, 2.45) is 0 Å². The standard InChI is InChI=1S/C14H13BrClN3/c15-11-4-2-1-3-10(11)8-17-13-7-12(16)18-14(19-13)9-5-6-9/h1-4,7,9H,5-6,8H2,(H,17,18,19). The second-order valence-electron chi connectivity index (χ2n) is 4.65. The van der Waals surface area contributed by atoms with E-state index >= 15 is 0 Å². The molecular weight excluding hydrogens is 326 g/mol. The Kier molecular flexibility index (Phi) is 3.71. The molecule has 1 aromatic heterocycles. The van der Waals surface area contributed by atoms with Gasteiger partial charge in [0.05, 0.1) is 0 Å². The van der Waals surface area contributed by atoms with Crippen LogP contribution in [-0.2, 0) is 6.54 Å². The van der Waals surface area contributed by atoms with E-state index in [1.54, 1.807) is 6.07 Å². The smallest absolute Gasteiger partial charge is 0.135 e.